The number of rotatable bonds is 6. The van der Waals surface area contributed by atoms with Crippen molar-refractivity contribution in [2.45, 2.75) is 63.8 Å². The van der Waals surface area contributed by atoms with E-state index in [2.05, 4.69) is 15.5 Å². The van der Waals surface area contributed by atoms with Crippen LogP contribution in [0.2, 0.25) is 0 Å². The van der Waals surface area contributed by atoms with Crippen LogP contribution in [-0.2, 0) is 10.9 Å². The Morgan fingerprint density at radius 3 is 2.46 bits per heavy atom. The molecule has 1 aromatic carbocycles. The third kappa shape index (κ3) is 6.28. The second-order valence-electron chi connectivity index (χ2n) is 10.4. The normalized spacial score (nSPS) is 18.4. The van der Waals surface area contributed by atoms with Crippen LogP contribution in [0.15, 0.2) is 29.2 Å². The topological polar surface area (TPSA) is 99.4 Å². The first kappa shape index (κ1) is 28.6. The summed E-state index contributed by atoms with van der Waals surface area (Å²) < 4.78 is 47.3. The molecule has 2 N–H and O–H groups in total. The zero-order chi connectivity index (χ0) is 28.3. The molecule has 0 radical (unpaired) electrons. The van der Waals surface area contributed by atoms with Gasteiger partial charge in [0.2, 0.25) is 0 Å². The molecular weight excluding hydrogens is 511 g/mol. The summed E-state index contributed by atoms with van der Waals surface area (Å²) >= 11 is 0. The zero-order valence-electron chi connectivity index (χ0n) is 22.4. The minimum Gasteiger partial charge on any atom is -0.381 e. The van der Waals surface area contributed by atoms with Gasteiger partial charge in [0.1, 0.15) is 11.6 Å². The highest BCUT2D eigenvalue weighted by Crippen LogP contribution is 2.35. The molecule has 4 rings (SSSR count). The van der Waals surface area contributed by atoms with E-state index in [9.17, 15) is 28.0 Å². The number of halogens is 3. The first-order valence-electron chi connectivity index (χ1n) is 13.2. The van der Waals surface area contributed by atoms with Crippen molar-refractivity contribution in [3.63, 3.8) is 0 Å². The van der Waals surface area contributed by atoms with Crippen LogP contribution in [0.5, 0.6) is 0 Å². The number of likely N-dealkylation sites (tertiary alicyclic amines) is 1. The maximum atomic E-state index is 13.7. The number of carbonyl (C=O) groups excluding carboxylic acids is 1. The molecule has 0 bridgehead atoms. The molecule has 39 heavy (non-hydrogen) atoms. The summed E-state index contributed by atoms with van der Waals surface area (Å²) in [6, 6.07) is 4.87. The van der Waals surface area contributed by atoms with Crippen molar-refractivity contribution in [1.29, 1.82) is 5.26 Å². The van der Waals surface area contributed by atoms with E-state index in [1.165, 1.54) is 23.8 Å². The van der Waals surface area contributed by atoms with Gasteiger partial charge in [0, 0.05) is 31.5 Å². The molecule has 2 saturated heterocycles. The van der Waals surface area contributed by atoms with Crippen LogP contribution in [0, 0.1) is 18.3 Å². The van der Waals surface area contributed by atoms with Crippen LogP contribution in [-0.4, -0.2) is 54.8 Å². The number of hydrogen-bond acceptors (Lipinski definition) is 6. The van der Waals surface area contributed by atoms with E-state index in [4.69, 9.17) is 4.74 Å². The van der Waals surface area contributed by atoms with Gasteiger partial charge in [-0.3, -0.25) is 9.59 Å². The molecule has 8 nitrogen and oxygen atoms in total. The van der Waals surface area contributed by atoms with E-state index >= 15 is 0 Å². The average Bonchev–Trinajstić information content (AvgIpc) is 2.90. The van der Waals surface area contributed by atoms with Crippen LogP contribution in [0.3, 0.4) is 0 Å². The van der Waals surface area contributed by atoms with E-state index in [1.54, 1.807) is 13.0 Å². The highest BCUT2D eigenvalue weighted by atomic mass is 19.4. The molecular formula is C28H34F3N5O3. The molecule has 2 fully saturated rings. The number of amides is 1. The van der Waals surface area contributed by atoms with Crippen LogP contribution >= 0.6 is 0 Å². The number of nitriles is 1. The summed E-state index contributed by atoms with van der Waals surface area (Å²) in [7, 11) is 2.02. The molecule has 2 aliphatic rings. The number of piperidine rings is 1. The molecule has 2 aliphatic heterocycles. The summed E-state index contributed by atoms with van der Waals surface area (Å²) in [6.07, 6.45) is -0.370. The summed E-state index contributed by atoms with van der Waals surface area (Å²) in [4.78, 5) is 29.3. The first-order valence-corrected chi connectivity index (χ1v) is 13.2. The van der Waals surface area contributed by atoms with E-state index in [-0.39, 0.29) is 34.5 Å². The smallest absolute Gasteiger partial charge is 0.381 e. The van der Waals surface area contributed by atoms with Crippen molar-refractivity contribution >= 4 is 11.6 Å². The number of nitrogens with zero attached hydrogens (tertiary/aromatic N) is 3. The summed E-state index contributed by atoms with van der Waals surface area (Å²) in [5, 5.41) is 16.1. The Balaban J connectivity index is 1.73. The second-order valence-corrected chi connectivity index (χ2v) is 10.4. The van der Waals surface area contributed by atoms with E-state index in [0.29, 0.717) is 31.6 Å². The van der Waals surface area contributed by atoms with Crippen LogP contribution in [0.4, 0.5) is 18.9 Å². The van der Waals surface area contributed by atoms with Crippen molar-refractivity contribution in [3.05, 3.63) is 62.6 Å². The number of pyridine rings is 1. The standard InChI is InChI=1S/C28H34F3N5O3/c1-17-21(5-4-6-24(17)28(29,30)31)18(2)33-26(37)23-16-36(20-9-13-39-14-10-20)27(38)22(15-32)25(23)34-19-7-11-35(3)12-8-19/h4-6,16,18-20,34H,7-14H2,1-3H3,(H,33,37). The fourth-order valence-electron chi connectivity index (χ4n) is 5.43. The van der Waals surface area contributed by atoms with Gasteiger partial charge in [0.25, 0.3) is 11.5 Å². The Kier molecular flexibility index (Phi) is 8.67. The maximum absolute atomic E-state index is 13.7. The maximum Gasteiger partial charge on any atom is 0.416 e. The van der Waals surface area contributed by atoms with Gasteiger partial charge in [-0.05, 0) is 76.9 Å². The van der Waals surface area contributed by atoms with Crippen molar-refractivity contribution < 1.29 is 22.7 Å². The van der Waals surface area contributed by atoms with Crippen molar-refractivity contribution in [2.24, 2.45) is 0 Å². The van der Waals surface area contributed by atoms with Crippen molar-refractivity contribution in [3.8, 4) is 6.07 Å². The highest BCUT2D eigenvalue weighted by molar-refractivity contribution is 6.00. The quantitative estimate of drug-likeness (QED) is 0.559. The molecule has 11 heteroatoms. The van der Waals surface area contributed by atoms with Gasteiger partial charge in [0.05, 0.1) is 22.9 Å². The lowest BCUT2D eigenvalue weighted by molar-refractivity contribution is -0.138. The van der Waals surface area contributed by atoms with Gasteiger partial charge in [-0.1, -0.05) is 12.1 Å². The zero-order valence-corrected chi connectivity index (χ0v) is 22.4. The molecule has 0 saturated carbocycles. The lowest BCUT2D eigenvalue weighted by Crippen LogP contribution is -2.39. The second kappa shape index (κ2) is 11.8. The molecule has 3 heterocycles. The molecule has 0 aliphatic carbocycles. The van der Waals surface area contributed by atoms with E-state index in [1.807, 2.05) is 13.1 Å². The van der Waals surface area contributed by atoms with Gasteiger partial charge in [0.15, 0.2) is 0 Å². The third-order valence-corrected chi connectivity index (χ3v) is 7.74. The predicted molar refractivity (Wildman–Crippen MR) is 141 cm³/mol. The molecule has 1 atom stereocenters. The van der Waals surface area contributed by atoms with Gasteiger partial charge in [-0.2, -0.15) is 18.4 Å². The van der Waals surface area contributed by atoms with Crippen molar-refractivity contribution in [1.82, 2.24) is 14.8 Å². The number of aromatic nitrogens is 1. The third-order valence-electron chi connectivity index (χ3n) is 7.74. The fourth-order valence-corrected chi connectivity index (χ4v) is 5.43. The first-order chi connectivity index (χ1) is 18.5. The number of carbonyl (C=O) groups is 1. The molecule has 2 aromatic rings. The average molecular weight is 546 g/mol. The monoisotopic (exact) mass is 545 g/mol. The summed E-state index contributed by atoms with van der Waals surface area (Å²) in [6.45, 7) is 5.57. The summed E-state index contributed by atoms with van der Waals surface area (Å²) in [5.41, 5.74) is -0.716. The fraction of sp³-hybridized carbons (Fsp3) is 0.536. The number of hydrogen-bond donors (Lipinski definition) is 2. The Morgan fingerprint density at radius 2 is 1.85 bits per heavy atom. The lowest BCUT2D eigenvalue weighted by atomic mass is 9.96. The van der Waals surface area contributed by atoms with Crippen LogP contribution in [0.1, 0.15) is 77.3 Å². The number of nitrogens with one attached hydrogen (secondary N) is 2. The Morgan fingerprint density at radius 1 is 1.18 bits per heavy atom. The van der Waals surface area contributed by atoms with Crippen LogP contribution in [0.25, 0.3) is 0 Å². The molecule has 1 unspecified atom stereocenters. The highest BCUT2D eigenvalue weighted by Gasteiger charge is 2.34. The molecule has 210 valence electrons. The van der Waals surface area contributed by atoms with Crippen molar-refractivity contribution in [2.75, 3.05) is 38.7 Å². The minimum absolute atomic E-state index is 0.0346. The lowest BCUT2D eigenvalue weighted by Gasteiger charge is -2.31. The van der Waals surface area contributed by atoms with Crippen LogP contribution < -0.4 is 16.2 Å². The van der Waals surface area contributed by atoms with Gasteiger partial charge >= 0.3 is 6.18 Å². The predicted octanol–water partition coefficient (Wildman–Crippen LogP) is 4.40. The molecule has 1 amide bonds. The summed E-state index contributed by atoms with van der Waals surface area (Å²) in [5.74, 6) is -0.577. The number of benzene rings is 1. The number of anilines is 1. The molecule has 1 aromatic heterocycles. The minimum atomic E-state index is -4.52. The molecule has 0 spiro atoms. The number of ether oxygens (including phenoxy) is 1. The Hall–Kier alpha value is -3.36. The van der Waals surface area contributed by atoms with Gasteiger partial charge in [-0.25, -0.2) is 0 Å². The Labute approximate surface area is 225 Å². The Bertz CT molecular complexity index is 1300. The van der Waals surface area contributed by atoms with Gasteiger partial charge in [-0.15, -0.1) is 0 Å². The van der Waals surface area contributed by atoms with E-state index in [0.717, 1.165) is 32.0 Å². The number of alkyl halides is 3. The van der Waals surface area contributed by atoms with E-state index < -0.39 is 29.2 Å². The van der Waals surface area contributed by atoms with Gasteiger partial charge < -0.3 is 24.8 Å². The largest absolute Gasteiger partial charge is 0.416 e. The SMILES string of the molecule is Cc1c(C(C)NC(=O)c2cn(C3CCOCC3)c(=O)c(C#N)c2NC2CCN(C)CC2)cccc1C(F)(F)F.